The molecule has 19 heavy (non-hydrogen) atoms. The van der Waals surface area contributed by atoms with E-state index in [1.54, 1.807) is 12.1 Å². The fourth-order valence-electron chi connectivity index (χ4n) is 2.16. The van der Waals surface area contributed by atoms with Gasteiger partial charge in [0.2, 0.25) is 0 Å². The van der Waals surface area contributed by atoms with Crippen molar-refractivity contribution in [3.8, 4) is 0 Å². The largest absolute Gasteiger partial charge is 0.430 e. The van der Waals surface area contributed by atoms with Crippen LogP contribution in [0, 0.1) is 5.92 Å². The van der Waals surface area contributed by atoms with Crippen LogP contribution in [0.4, 0.5) is 5.69 Å². The van der Waals surface area contributed by atoms with Crippen molar-refractivity contribution in [1.82, 2.24) is 4.98 Å². The summed E-state index contributed by atoms with van der Waals surface area (Å²) in [5.41, 5.74) is 0.495. The van der Waals surface area contributed by atoms with E-state index in [1.165, 1.54) is 12.4 Å². The van der Waals surface area contributed by atoms with Gasteiger partial charge in [-0.05, 0) is 24.5 Å². The van der Waals surface area contributed by atoms with E-state index in [4.69, 9.17) is 9.26 Å². The smallest absolute Gasteiger partial charge is 0.381 e. The predicted molar refractivity (Wildman–Crippen MR) is 74.6 cm³/mol. The molecule has 1 aliphatic rings. The molecule has 0 aromatic carbocycles. The number of hydrogen-bond donors (Lipinski definition) is 2. The molecule has 0 radical (unpaired) electrons. The standard InChI is InChI=1S/C11H18BN2O4P/c1-8-6-11(12)18-10(8)7-17-19(15,16)14-9-2-4-13-5-3-9/h2-5,8,10-11H,6-7,12H2,1H3,(H2,13,14,15,16)/t8?,10-,11-/m1/s1. The van der Waals surface area contributed by atoms with Gasteiger partial charge < -0.3 is 9.63 Å². The quantitative estimate of drug-likeness (QED) is 0.620. The van der Waals surface area contributed by atoms with Gasteiger partial charge in [-0.1, -0.05) is 6.92 Å². The maximum absolute atomic E-state index is 11.9. The highest BCUT2D eigenvalue weighted by atomic mass is 31.2. The maximum atomic E-state index is 11.9. The van der Waals surface area contributed by atoms with E-state index in [2.05, 4.69) is 17.0 Å². The van der Waals surface area contributed by atoms with Crippen LogP contribution in [0.5, 0.6) is 0 Å². The van der Waals surface area contributed by atoms with Crippen LogP contribution in [0.25, 0.3) is 0 Å². The predicted octanol–water partition coefficient (Wildman–Crippen LogP) is 0.995. The van der Waals surface area contributed by atoms with Gasteiger partial charge in [0, 0.05) is 24.1 Å². The van der Waals surface area contributed by atoms with Crippen LogP contribution in [0.2, 0.25) is 0 Å². The second kappa shape index (κ2) is 6.05. The van der Waals surface area contributed by atoms with Gasteiger partial charge in [0.25, 0.3) is 0 Å². The van der Waals surface area contributed by atoms with Crippen LogP contribution >= 0.6 is 7.75 Å². The number of nitrogens with zero attached hydrogens (tertiary/aromatic N) is 1. The van der Waals surface area contributed by atoms with Gasteiger partial charge in [0.15, 0.2) is 0 Å². The third-order valence-electron chi connectivity index (χ3n) is 3.11. The molecule has 1 fully saturated rings. The number of anilines is 1. The summed E-state index contributed by atoms with van der Waals surface area (Å²) in [6, 6.07) is 3.38. The Kier molecular flexibility index (Phi) is 4.63. The molecule has 8 heteroatoms. The molecule has 0 amide bonds. The fourth-order valence-corrected chi connectivity index (χ4v) is 3.05. The van der Waals surface area contributed by atoms with E-state index in [0.717, 1.165) is 6.42 Å². The van der Waals surface area contributed by atoms with Crippen LogP contribution in [0.3, 0.4) is 0 Å². The van der Waals surface area contributed by atoms with Gasteiger partial charge in [-0.3, -0.25) is 14.6 Å². The Balaban J connectivity index is 1.86. The summed E-state index contributed by atoms with van der Waals surface area (Å²) in [6.07, 6.45) is 3.88. The summed E-state index contributed by atoms with van der Waals surface area (Å²) in [5, 5.41) is 2.46. The molecule has 1 aliphatic heterocycles. The van der Waals surface area contributed by atoms with E-state index < -0.39 is 7.75 Å². The Bertz CT molecular complexity index is 461. The second-order valence-corrected chi connectivity index (χ2v) is 6.38. The molecule has 104 valence electrons. The Morgan fingerprint density at radius 2 is 2.32 bits per heavy atom. The SMILES string of the molecule is B[C@H]1CC(C)[C@@H](COP(=O)(O)Nc2ccncc2)O1. The first-order valence-electron chi connectivity index (χ1n) is 6.27. The summed E-state index contributed by atoms with van der Waals surface area (Å²) in [7, 11) is -1.88. The molecule has 2 heterocycles. The zero-order valence-electron chi connectivity index (χ0n) is 11.0. The number of pyridine rings is 1. The first-order valence-corrected chi connectivity index (χ1v) is 7.85. The molecule has 4 atom stereocenters. The lowest BCUT2D eigenvalue weighted by molar-refractivity contribution is 0.0343. The van der Waals surface area contributed by atoms with Crippen LogP contribution in [0.1, 0.15) is 13.3 Å². The first-order chi connectivity index (χ1) is 8.96. The topological polar surface area (TPSA) is 80.7 Å². The van der Waals surface area contributed by atoms with Crippen LogP contribution in [0.15, 0.2) is 24.5 Å². The molecule has 1 aromatic rings. The minimum absolute atomic E-state index is 0.109. The molecule has 0 bridgehead atoms. The van der Waals surface area contributed by atoms with E-state index in [-0.39, 0.29) is 18.7 Å². The Morgan fingerprint density at radius 1 is 1.63 bits per heavy atom. The minimum Gasteiger partial charge on any atom is -0.381 e. The highest BCUT2D eigenvalue weighted by Gasteiger charge is 2.32. The highest BCUT2D eigenvalue weighted by Crippen LogP contribution is 2.42. The molecule has 2 N–H and O–H groups in total. The van der Waals surface area contributed by atoms with Gasteiger partial charge in [0.1, 0.15) is 7.85 Å². The van der Waals surface area contributed by atoms with Crippen molar-refractivity contribution in [3.05, 3.63) is 24.5 Å². The number of rotatable bonds is 5. The van der Waals surface area contributed by atoms with Gasteiger partial charge >= 0.3 is 7.75 Å². The molecule has 2 rings (SSSR count). The lowest BCUT2D eigenvalue weighted by Gasteiger charge is -2.19. The number of aromatic nitrogens is 1. The van der Waals surface area contributed by atoms with Crippen molar-refractivity contribution in [3.63, 3.8) is 0 Å². The molecular weight excluding hydrogens is 266 g/mol. The Labute approximate surface area is 113 Å². The zero-order valence-corrected chi connectivity index (χ0v) is 11.9. The first kappa shape index (κ1) is 14.5. The molecule has 1 aromatic heterocycles. The van der Waals surface area contributed by atoms with Crippen LogP contribution < -0.4 is 5.09 Å². The highest BCUT2D eigenvalue weighted by molar-refractivity contribution is 7.54. The molecule has 0 saturated carbocycles. The van der Waals surface area contributed by atoms with Crippen LogP contribution in [-0.4, -0.2) is 36.4 Å². The zero-order chi connectivity index (χ0) is 13.9. The van der Waals surface area contributed by atoms with Gasteiger partial charge in [-0.25, -0.2) is 4.57 Å². The lowest BCUT2D eigenvalue weighted by Crippen LogP contribution is -2.21. The third kappa shape index (κ3) is 4.32. The summed E-state index contributed by atoms with van der Waals surface area (Å²) < 4.78 is 22.6. The van der Waals surface area contributed by atoms with E-state index >= 15 is 0 Å². The minimum atomic E-state index is -3.87. The lowest BCUT2D eigenvalue weighted by atomic mass is 9.92. The van der Waals surface area contributed by atoms with Gasteiger partial charge in [0.05, 0.1) is 12.7 Å². The molecule has 2 unspecified atom stereocenters. The summed E-state index contributed by atoms with van der Waals surface area (Å²) >= 11 is 0. The molecular formula is C11H18BN2O4P. The monoisotopic (exact) mass is 284 g/mol. The normalized spacial score (nSPS) is 29.9. The maximum Gasteiger partial charge on any atom is 0.430 e. The Morgan fingerprint density at radius 3 is 2.89 bits per heavy atom. The van der Waals surface area contributed by atoms with Crippen molar-refractivity contribution in [2.24, 2.45) is 5.92 Å². The summed E-state index contributed by atoms with van der Waals surface area (Å²) in [5.74, 6) is 0.330. The molecule has 0 aliphatic carbocycles. The molecule has 1 saturated heterocycles. The Hall–Kier alpha value is -0.875. The van der Waals surface area contributed by atoms with Crippen molar-refractivity contribution >= 4 is 21.3 Å². The number of nitrogens with one attached hydrogen (secondary N) is 1. The fraction of sp³-hybridized carbons (Fsp3) is 0.545. The average Bonchev–Trinajstić information content (AvgIpc) is 2.66. The van der Waals surface area contributed by atoms with E-state index in [9.17, 15) is 9.46 Å². The van der Waals surface area contributed by atoms with Crippen molar-refractivity contribution in [2.45, 2.75) is 25.5 Å². The number of ether oxygens (including phenoxy) is 1. The van der Waals surface area contributed by atoms with Crippen molar-refractivity contribution in [2.75, 3.05) is 11.7 Å². The second-order valence-electron chi connectivity index (χ2n) is 4.86. The van der Waals surface area contributed by atoms with Crippen molar-refractivity contribution < 1.29 is 18.7 Å². The van der Waals surface area contributed by atoms with Gasteiger partial charge in [-0.15, -0.1) is 0 Å². The molecule has 0 spiro atoms. The summed E-state index contributed by atoms with van der Waals surface area (Å²) in [6.45, 7) is 2.16. The van der Waals surface area contributed by atoms with E-state index in [0.29, 0.717) is 11.6 Å². The van der Waals surface area contributed by atoms with Gasteiger partial charge in [-0.2, -0.15) is 0 Å². The van der Waals surface area contributed by atoms with Crippen LogP contribution in [-0.2, 0) is 13.8 Å². The van der Waals surface area contributed by atoms with E-state index in [1.807, 2.05) is 7.85 Å². The summed E-state index contributed by atoms with van der Waals surface area (Å²) in [4.78, 5) is 13.6. The van der Waals surface area contributed by atoms with Crippen molar-refractivity contribution in [1.29, 1.82) is 0 Å². The number of hydrogen-bond acceptors (Lipinski definition) is 4. The third-order valence-corrected chi connectivity index (χ3v) is 4.15. The average molecular weight is 284 g/mol. The molecule has 6 nitrogen and oxygen atoms in total.